The Kier molecular flexibility index (Phi) is 11.0. The van der Waals surface area contributed by atoms with Gasteiger partial charge in [0.25, 0.3) is 0 Å². The van der Waals surface area contributed by atoms with Crippen molar-refractivity contribution in [3.8, 4) is 28.7 Å². The summed E-state index contributed by atoms with van der Waals surface area (Å²) in [7, 11) is 6.83. The molecule has 47 heavy (non-hydrogen) atoms. The topological polar surface area (TPSA) is 111 Å². The van der Waals surface area contributed by atoms with Gasteiger partial charge in [0.05, 0.1) is 27.0 Å². The lowest BCUT2D eigenvalue weighted by Crippen LogP contribution is -2.45. The Hall–Kier alpha value is -5.07. The number of amides is 1. The first-order valence-corrected chi connectivity index (χ1v) is 15.4. The van der Waals surface area contributed by atoms with E-state index in [2.05, 4.69) is 27.1 Å². The lowest BCUT2D eigenvalue weighted by atomic mass is 10.1. The summed E-state index contributed by atoms with van der Waals surface area (Å²) in [5.74, 6) is 2.95. The van der Waals surface area contributed by atoms with E-state index in [9.17, 15) is 4.79 Å². The van der Waals surface area contributed by atoms with Crippen LogP contribution in [0.2, 0.25) is 0 Å². The molecule has 1 aliphatic heterocycles. The zero-order valence-electron chi connectivity index (χ0n) is 27.8. The molecule has 5 rings (SSSR count). The van der Waals surface area contributed by atoms with Crippen molar-refractivity contribution in [2.75, 3.05) is 77.9 Å². The summed E-state index contributed by atoms with van der Waals surface area (Å²) in [5, 5.41) is 3.23. The number of aryl methyl sites for hydroxylation is 2. The van der Waals surface area contributed by atoms with Crippen LogP contribution in [0.1, 0.15) is 11.1 Å². The molecule has 0 radical (unpaired) electrons. The van der Waals surface area contributed by atoms with E-state index in [1.54, 1.807) is 51.8 Å². The number of hydrogen-bond donors (Lipinski definition) is 1. The fraction of sp³-hybridized carbons (Fsp3) is 0.343. The number of nitrogens with one attached hydrogen (secondary N) is 1. The third-order valence-corrected chi connectivity index (χ3v) is 7.94. The first-order chi connectivity index (χ1) is 22.8. The largest absolute Gasteiger partial charge is 0.495 e. The van der Waals surface area contributed by atoms with Crippen molar-refractivity contribution in [1.29, 1.82) is 0 Å². The van der Waals surface area contributed by atoms with Crippen LogP contribution in [-0.2, 0) is 0 Å². The second kappa shape index (κ2) is 15.5. The molecule has 0 unspecified atom stereocenters. The summed E-state index contributed by atoms with van der Waals surface area (Å²) in [6.45, 7) is 9.13. The van der Waals surface area contributed by atoms with E-state index in [0.717, 1.165) is 43.9 Å². The Labute approximate surface area is 275 Å². The van der Waals surface area contributed by atoms with Crippen LogP contribution in [0.25, 0.3) is 0 Å². The highest BCUT2D eigenvalue weighted by Gasteiger charge is 2.26. The molecule has 0 aliphatic carbocycles. The third-order valence-electron chi connectivity index (χ3n) is 7.94. The van der Waals surface area contributed by atoms with Gasteiger partial charge in [0.15, 0.2) is 11.5 Å². The molecule has 1 aromatic heterocycles. The van der Waals surface area contributed by atoms with Gasteiger partial charge in [0, 0.05) is 62.8 Å². The first-order valence-electron chi connectivity index (χ1n) is 15.4. The van der Waals surface area contributed by atoms with E-state index in [1.807, 2.05) is 50.2 Å². The molecule has 0 atom stereocenters. The van der Waals surface area contributed by atoms with Crippen molar-refractivity contribution in [1.82, 2.24) is 19.8 Å². The molecule has 0 saturated carbocycles. The summed E-state index contributed by atoms with van der Waals surface area (Å²) in [5.41, 5.74) is 2.73. The number of carbonyl (C=O) groups excluding carboxylic acids is 1. The molecule has 4 aromatic rings. The number of benzene rings is 3. The summed E-state index contributed by atoms with van der Waals surface area (Å²) in [6.07, 6.45) is 0.909. The predicted octanol–water partition coefficient (Wildman–Crippen LogP) is 5.83. The Balaban J connectivity index is 1.43. The molecule has 1 fully saturated rings. The van der Waals surface area contributed by atoms with Crippen molar-refractivity contribution in [2.24, 2.45) is 0 Å². The van der Waals surface area contributed by atoms with Crippen molar-refractivity contribution < 1.29 is 28.5 Å². The minimum atomic E-state index is -0.654. The maximum atomic E-state index is 13.9. The van der Waals surface area contributed by atoms with E-state index in [4.69, 9.17) is 28.7 Å². The van der Waals surface area contributed by atoms with E-state index in [0.29, 0.717) is 46.7 Å². The summed E-state index contributed by atoms with van der Waals surface area (Å²) in [6, 6.07) is 18.1. The van der Waals surface area contributed by atoms with E-state index < -0.39 is 6.09 Å². The monoisotopic (exact) mass is 642 g/mol. The van der Waals surface area contributed by atoms with Crippen molar-refractivity contribution in [3.63, 3.8) is 0 Å². The lowest BCUT2D eigenvalue weighted by molar-refractivity contribution is 0.132. The molecule has 1 N–H and O–H groups in total. The summed E-state index contributed by atoms with van der Waals surface area (Å²) < 4.78 is 29.0. The molecule has 248 valence electrons. The molecule has 0 bridgehead atoms. The van der Waals surface area contributed by atoms with Gasteiger partial charge in [0.2, 0.25) is 11.7 Å². The van der Waals surface area contributed by atoms with Crippen LogP contribution in [0.5, 0.6) is 28.7 Å². The van der Waals surface area contributed by atoms with Crippen molar-refractivity contribution in [2.45, 2.75) is 13.8 Å². The number of ether oxygens (including phenoxy) is 5. The van der Waals surface area contributed by atoms with Crippen LogP contribution in [0.4, 0.5) is 27.9 Å². The molecule has 1 saturated heterocycles. The number of nitrogens with zero attached hydrogens (tertiary/aromatic N) is 5. The van der Waals surface area contributed by atoms with Crippen LogP contribution in [0, 0.1) is 13.8 Å². The highest BCUT2D eigenvalue weighted by Crippen LogP contribution is 2.41. The fourth-order valence-corrected chi connectivity index (χ4v) is 5.35. The molecule has 12 nitrogen and oxygen atoms in total. The summed E-state index contributed by atoms with van der Waals surface area (Å²) in [4.78, 5) is 29.1. The van der Waals surface area contributed by atoms with Gasteiger partial charge >= 0.3 is 6.09 Å². The number of anilines is 4. The van der Waals surface area contributed by atoms with Gasteiger partial charge in [-0.05, 0) is 44.2 Å². The minimum Gasteiger partial charge on any atom is -0.495 e. The van der Waals surface area contributed by atoms with Crippen molar-refractivity contribution in [3.05, 3.63) is 78.0 Å². The normalized spacial score (nSPS) is 13.5. The Bertz CT molecular complexity index is 1660. The molecular formula is C35H42N6O6. The van der Waals surface area contributed by atoms with Gasteiger partial charge < -0.3 is 33.9 Å². The number of hydrogen-bond acceptors (Lipinski definition) is 11. The highest BCUT2D eigenvalue weighted by atomic mass is 16.6. The second-order valence-corrected chi connectivity index (χ2v) is 11.2. The van der Waals surface area contributed by atoms with Gasteiger partial charge in [0.1, 0.15) is 23.9 Å². The quantitative estimate of drug-likeness (QED) is 0.202. The maximum absolute atomic E-state index is 13.9. The summed E-state index contributed by atoms with van der Waals surface area (Å²) >= 11 is 0. The number of piperazine rings is 1. The smallest absolute Gasteiger partial charge is 0.425 e. The Morgan fingerprint density at radius 3 is 2.26 bits per heavy atom. The van der Waals surface area contributed by atoms with Crippen LogP contribution >= 0.6 is 0 Å². The van der Waals surface area contributed by atoms with E-state index >= 15 is 0 Å². The van der Waals surface area contributed by atoms with Gasteiger partial charge in [-0.25, -0.2) is 14.7 Å². The molecule has 12 heteroatoms. The molecule has 0 spiro atoms. The average Bonchev–Trinajstić information content (AvgIpc) is 3.07. The zero-order valence-corrected chi connectivity index (χ0v) is 27.8. The number of para-hydroxylation sites is 3. The molecular weight excluding hydrogens is 600 g/mol. The van der Waals surface area contributed by atoms with Crippen molar-refractivity contribution >= 4 is 29.2 Å². The average molecular weight is 643 g/mol. The number of methoxy groups -OCH3 is 3. The fourth-order valence-electron chi connectivity index (χ4n) is 5.35. The third kappa shape index (κ3) is 8.02. The van der Waals surface area contributed by atoms with Gasteiger partial charge in [-0.2, -0.15) is 4.98 Å². The zero-order chi connectivity index (χ0) is 33.3. The molecule has 1 aliphatic rings. The van der Waals surface area contributed by atoms with Crippen LogP contribution in [0.3, 0.4) is 0 Å². The molecule has 1 amide bonds. The van der Waals surface area contributed by atoms with E-state index in [1.165, 1.54) is 4.90 Å². The number of likely N-dealkylation sites (N-methyl/N-ethyl adjacent to an activating group) is 1. The first kappa shape index (κ1) is 33.3. The highest BCUT2D eigenvalue weighted by molar-refractivity contribution is 5.98. The number of rotatable bonds is 12. The van der Waals surface area contributed by atoms with Crippen LogP contribution in [0.15, 0.2) is 66.9 Å². The predicted molar refractivity (Wildman–Crippen MR) is 181 cm³/mol. The minimum absolute atomic E-state index is 0.234. The van der Waals surface area contributed by atoms with Gasteiger partial charge in [-0.15, -0.1) is 0 Å². The number of aromatic nitrogens is 2. The number of carbonyl (C=O) groups is 1. The standard InChI is InChI=1S/C35H42N6O6/c1-24-10-9-11-25(2)32(24)47-35(42)41(27-12-7-8-13-28(27)43-4)31-14-15-36-34(38-31)37-26-22-29(44-5)33(45-6)30(23-26)46-21-20-40-18-16-39(3)17-19-40/h7-15,22-23H,16-21H2,1-6H3,(H,36,37,38). The Morgan fingerprint density at radius 2 is 1.55 bits per heavy atom. The van der Waals surface area contributed by atoms with E-state index in [-0.39, 0.29) is 11.8 Å². The lowest BCUT2D eigenvalue weighted by Gasteiger charge is -2.32. The second-order valence-electron chi connectivity index (χ2n) is 11.2. The Morgan fingerprint density at radius 1 is 0.851 bits per heavy atom. The van der Waals surface area contributed by atoms with Gasteiger partial charge in [-0.3, -0.25) is 4.90 Å². The SMILES string of the molecule is COc1ccccc1N(C(=O)Oc1c(C)cccc1C)c1ccnc(Nc2cc(OC)c(OC)c(OCCN3CCN(C)CC3)c2)n1. The van der Waals surface area contributed by atoms with Crippen LogP contribution in [-0.4, -0.2) is 93.6 Å². The van der Waals surface area contributed by atoms with Crippen LogP contribution < -0.4 is 33.9 Å². The molecule has 2 heterocycles. The van der Waals surface area contributed by atoms with Gasteiger partial charge in [-0.1, -0.05) is 30.3 Å². The maximum Gasteiger partial charge on any atom is 0.425 e. The molecule has 3 aromatic carbocycles.